The van der Waals surface area contributed by atoms with Gasteiger partial charge in [-0.3, -0.25) is 9.59 Å². The number of carbonyl (C=O) groups excluding carboxylic acids is 1. The van der Waals surface area contributed by atoms with E-state index >= 15 is 0 Å². The van der Waals surface area contributed by atoms with E-state index in [9.17, 15) is 9.59 Å². The summed E-state index contributed by atoms with van der Waals surface area (Å²) in [6.45, 7) is 5.03. The highest BCUT2D eigenvalue weighted by atomic mass is 16.5. The van der Waals surface area contributed by atoms with E-state index in [4.69, 9.17) is 14.9 Å². The lowest BCUT2D eigenvalue weighted by atomic mass is 10.1. The van der Waals surface area contributed by atoms with E-state index < -0.39 is 5.97 Å². The van der Waals surface area contributed by atoms with E-state index in [0.717, 1.165) is 45.2 Å². The fourth-order valence-electron chi connectivity index (χ4n) is 3.38. The number of nitrogens with zero attached hydrogens (tertiary/aromatic N) is 1. The van der Waals surface area contributed by atoms with E-state index in [1.54, 1.807) is 0 Å². The number of ether oxygens (including phenoxy) is 1. The molecule has 0 aliphatic heterocycles. The predicted molar refractivity (Wildman–Crippen MR) is 117 cm³/mol. The molecule has 0 heterocycles. The average Bonchev–Trinajstić information content (AvgIpc) is 2.69. The average molecular weight is 416 g/mol. The second-order valence-corrected chi connectivity index (χ2v) is 7.92. The number of aliphatic carboxylic acids is 1. The molecule has 0 rings (SSSR count). The molecule has 0 aromatic heterocycles. The summed E-state index contributed by atoms with van der Waals surface area (Å²) in [6, 6.07) is 0. The van der Waals surface area contributed by atoms with Gasteiger partial charge in [-0.1, -0.05) is 64.7 Å². The van der Waals surface area contributed by atoms with Crippen LogP contribution >= 0.6 is 0 Å². The summed E-state index contributed by atoms with van der Waals surface area (Å²) in [4.78, 5) is 24.5. The van der Waals surface area contributed by atoms with Gasteiger partial charge in [0, 0.05) is 19.4 Å². The fraction of sp³-hybridized carbons (Fsp3) is 0.913. The Morgan fingerprint density at radius 2 is 1.31 bits per heavy atom. The van der Waals surface area contributed by atoms with Crippen LogP contribution in [-0.2, 0) is 14.3 Å². The lowest BCUT2D eigenvalue weighted by Crippen LogP contribution is -2.29. The molecule has 172 valence electrons. The third-order valence-corrected chi connectivity index (χ3v) is 5.15. The van der Waals surface area contributed by atoms with Crippen LogP contribution < -0.4 is 0 Å². The van der Waals surface area contributed by atoms with Crippen LogP contribution in [0.3, 0.4) is 0 Å². The summed E-state index contributed by atoms with van der Waals surface area (Å²) in [7, 11) is 0. The Morgan fingerprint density at radius 1 is 0.724 bits per heavy atom. The molecule has 29 heavy (non-hydrogen) atoms. The molecule has 0 bridgehead atoms. The summed E-state index contributed by atoms with van der Waals surface area (Å²) in [6.07, 6.45) is 15.1. The highest BCUT2D eigenvalue weighted by Gasteiger charge is 2.08. The second-order valence-electron chi connectivity index (χ2n) is 7.92. The van der Waals surface area contributed by atoms with E-state index in [2.05, 4.69) is 11.8 Å². The van der Waals surface area contributed by atoms with E-state index in [-0.39, 0.29) is 19.0 Å². The van der Waals surface area contributed by atoms with Crippen molar-refractivity contribution in [3.63, 3.8) is 0 Å². The van der Waals surface area contributed by atoms with Gasteiger partial charge in [-0.2, -0.15) is 0 Å². The van der Waals surface area contributed by atoms with Gasteiger partial charge in [-0.15, -0.1) is 0 Å². The number of esters is 1. The molecule has 0 saturated heterocycles. The van der Waals surface area contributed by atoms with Crippen molar-refractivity contribution in [3.8, 4) is 0 Å². The molecule has 0 aromatic rings. The van der Waals surface area contributed by atoms with Crippen molar-refractivity contribution in [1.29, 1.82) is 0 Å². The van der Waals surface area contributed by atoms with Crippen LogP contribution in [0, 0.1) is 0 Å². The Hall–Kier alpha value is -1.14. The van der Waals surface area contributed by atoms with Crippen LogP contribution in [0.1, 0.15) is 103 Å². The molecule has 0 spiro atoms. The Kier molecular flexibility index (Phi) is 20.7. The van der Waals surface area contributed by atoms with Crippen LogP contribution in [0.5, 0.6) is 0 Å². The maximum atomic E-state index is 11.8. The topological polar surface area (TPSA) is 87.1 Å². The van der Waals surface area contributed by atoms with Gasteiger partial charge in [0.25, 0.3) is 0 Å². The molecule has 0 atom stereocenters. The molecule has 0 amide bonds. The number of unbranched alkanes of at least 4 members (excludes halogenated alkanes) is 10. The summed E-state index contributed by atoms with van der Waals surface area (Å²) >= 11 is 0. The van der Waals surface area contributed by atoms with Crippen LogP contribution in [0.2, 0.25) is 0 Å². The number of hydrogen-bond donors (Lipinski definition) is 2. The molecule has 6 nitrogen and oxygen atoms in total. The number of aliphatic hydroxyl groups is 1. The number of hydrogen-bond acceptors (Lipinski definition) is 5. The maximum Gasteiger partial charge on any atom is 0.305 e. The lowest BCUT2D eigenvalue weighted by molar-refractivity contribution is -0.144. The third-order valence-electron chi connectivity index (χ3n) is 5.15. The van der Waals surface area contributed by atoms with Crippen molar-refractivity contribution in [2.45, 2.75) is 103 Å². The predicted octanol–water partition coefficient (Wildman–Crippen LogP) is 4.78. The quantitative estimate of drug-likeness (QED) is 0.195. The largest absolute Gasteiger partial charge is 0.481 e. The first kappa shape index (κ1) is 27.9. The Bertz CT molecular complexity index is 389. The van der Waals surface area contributed by atoms with E-state index in [1.165, 1.54) is 44.9 Å². The fourth-order valence-corrected chi connectivity index (χ4v) is 3.38. The first-order valence-corrected chi connectivity index (χ1v) is 11.8. The van der Waals surface area contributed by atoms with Crippen molar-refractivity contribution >= 4 is 11.9 Å². The van der Waals surface area contributed by atoms with Gasteiger partial charge in [0.2, 0.25) is 0 Å². The molecular weight excluding hydrogens is 370 g/mol. The van der Waals surface area contributed by atoms with Crippen molar-refractivity contribution in [2.75, 3.05) is 32.8 Å². The first-order valence-electron chi connectivity index (χ1n) is 11.8. The highest BCUT2D eigenvalue weighted by molar-refractivity contribution is 5.69. The molecule has 2 N–H and O–H groups in total. The Labute approximate surface area is 178 Å². The van der Waals surface area contributed by atoms with Gasteiger partial charge in [-0.25, -0.2) is 0 Å². The molecule has 0 fully saturated rings. The van der Waals surface area contributed by atoms with Crippen LogP contribution in [0.4, 0.5) is 0 Å². The number of carboxylic acid groups (broad SMARTS) is 1. The summed E-state index contributed by atoms with van der Waals surface area (Å²) in [5.41, 5.74) is 0. The van der Waals surface area contributed by atoms with Gasteiger partial charge < -0.3 is 19.8 Å². The van der Waals surface area contributed by atoms with Gasteiger partial charge in [-0.05, 0) is 38.8 Å². The third kappa shape index (κ3) is 21.4. The minimum Gasteiger partial charge on any atom is -0.481 e. The highest BCUT2D eigenvalue weighted by Crippen LogP contribution is 2.10. The Morgan fingerprint density at radius 3 is 1.93 bits per heavy atom. The molecule has 6 heteroatoms. The molecule has 0 aliphatic carbocycles. The maximum absolute atomic E-state index is 11.8. The van der Waals surface area contributed by atoms with Gasteiger partial charge in [0.1, 0.15) is 0 Å². The van der Waals surface area contributed by atoms with Crippen molar-refractivity contribution in [2.24, 2.45) is 0 Å². The first-order chi connectivity index (χ1) is 14.1. The minimum atomic E-state index is -0.752. The zero-order valence-corrected chi connectivity index (χ0v) is 18.7. The molecular formula is C23H45NO5. The monoisotopic (exact) mass is 415 g/mol. The van der Waals surface area contributed by atoms with E-state index in [1.807, 2.05) is 0 Å². The van der Waals surface area contributed by atoms with Crippen molar-refractivity contribution in [3.05, 3.63) is 0 Å². The molecule has 0 aliphatic rings. The molecule has 0 radical (unpaired) electrons. The standard InChI is InChI=1S/C23H45NO5/c1-2-3-4-5-6-7-8-9-13-21-29-23(28)16-14-18-24(19-20-25)17-12-10-11-15-22(26)27/h25H,2-21H2,1H3,(H,26,27). The van der Waals surface area contributed by atoms with Gasteiger partial charge in [0.05, 0.1) is 13.2 Å². The molecule has 0 aromatic carbocycles. The summed E-state index contributed by atoms with van der Waals surface area (Å²) < 4.78 is 5.32. The summed E-state index contributed by atoms with van der Waals surface area (Å²) in [5, 5.41) is 17.8. The van der Waals surface area contributed by atoms with Crippen LogP contribution in [0.25, 0.3) is 0 Å². The summed E-state index contributed by atoms with van der Waals surface area (Å²) in [5.74, 6) is -0.881. The number of carbonyl (C=O) groups is 2. The lowest BCUT2D eigenvalue weighted by Gasteiger charge is -2.20. The molecule has 0 saturated carbocycles. The van der Waals surface area contributed by atoms with Crippen LogP contribution in [-0.4, -0.2) is 59.9 Å². The number of rotatable bonds is 22. The second kappa shape index (κ2) is 21.6. The van der Waals surface area contributed by atoms with Crippen LogP contribution in [0.15, 0.2) is 0 Å². The minimum absolute atomic E-state index is 0.0954. The number of aliphatic hydroxyl groups excluding tert-OH is 1. The zero-order chi connectivity index (χ0) is 21.6. The zero-order valence-electron chi connectivity index (χ0n) is 18.7. The van der Waals surface area contributed by atoms with Crippen molar-refractivity contribution in [1.82, 2.24) is 4.90 Å². The molecule has 0 unspecified atom stereocenters. The smallest absolute Gasteiger partial charge is 0.305 e. The van der Waals surface area contributed by atoms with E-state index in [0.29, 0.717) is 26.0 Å². The SMILES string of the molecule is CCCCCCCCCCCOC(=O)CCCN(CCO)CCCCCC(=O)O. The Balaban J connectivity index is 3.56. The normalized spacial score (nSPS) is 11.1. The van der Waals surface area contributed by atoms with Gasteiger partial charge >= 0.3 is 11.9 Å². The van der Waals surface area contributed by atoms with Gasteiger partial charge in [0.15, 0.2) is 0 Å². The number of carboxylic acids is 1. The van der Waals surface area contributed by atoms with Crippen molar-refractivity contribution < 1.29 is 24.5 Å².